The predicted octanol–water partition coefficient (Wildman–Crippen LogP) is 4.08. The van der Waals surface area contributed by atoms with Crippen LogP contribution in [0.5, 0.6) is 0 Å². The third-order valence-corrected chi connectivity index (χ3v) is 4.59. The third-order valence-electron chi connectivity index (χ3n) is 4.59. The zero-order chi connectivity index (χ0) is 16.1. The van der Waals surface area contributed by atoms with Crippen LogP contribution in [0.1, 0.15) is 35.2 Å². The second-order valence-corrected chi connectivity index (χ2v) is 6.20. The summed E-state index contributed by atoms with van der Waals surface area (Å²) in [5, 5.41) is 9.45. The molecule has 2 aromatic carbocycles. The van der Waals surface area contributed by atoms with Gasteiger partial charge in [0.05, 0.1) is 5.56 Å². The van der Waals surface area contributed by atoms with Crippen LogP contribution < -0.4 is 0 Å². The number of rotatable bonds is 5. The van der Waals surface area contributed by atoms with Crippen molar-refractivity contribution in [3.63, 3.8) is 0 Å². The second-order valence-electron chi connectivity index (χ2n) is 6.20. The molecule has 0 bridgehead atoms. The van der Waals surface area contributed by atoms with Crippen LogP contribution in [0.2, 0.25) is 0 Å². The number of carbonyl (C=O) groups is 1. The minimum absolute atomic E-state index is 0.432. The molecule has 1 aliphatic heterocycles. The first-order chi connectivity index (χ1) is 11.2. The van der Waals surface area contributed by atoms with E-state index in [2.05, 4.69) is 17.0 Å². The fourth-order valence-electron chi connectivity index (χ4n) is 3.28. The van der Waals surface area contributed by atoms with Crippen molar-refractivity contribution in [3.05, 3.63) is 59.7 Å². The molecule has 1 heterocycles. The molecule has 23 heavy (non-hydrogen) atoms. The van der Waals surface area contributed by atoms with Gasteiger partial charge >= 0.3 is 5.97 Å². The molecular formula is C20H23NO2. The average molecular weight is 309 g/mol. The van der Waals surface area contributed by atoms with Crippen LogP contribution in [-0.2, 0) is 6.42 Å². The second kappa shape index (κ2) is 7.42. The normalized spacial score (nSPS) is 15.5. The summed E-state index contributed by atoms with van der Waals surface area (Å²) >= 11 is 0. The van der Waals surface area contributed by atoms with E-state index in [9.17, 15) is 9.90 Å². The Morgan fingerprint density at radius 1 is 0.957 bits per heavy atom. The first-order valence-corrected chi connectivity index (χ1v) is 8.38. The molecule has 1 N–H and O–H groups in total. The molecule has 1 saturated heterocycles. The van der Waals surface area contributed by atoms with E-state index in [4.69, 9.17) is 0 Å². The van der Waals surface area contributed by atoms with Crippen LogP contribution in [0.4, 0.5) is 0 Å². The van der Waals surface area contributed by atoms with Gasteiger partial charge in [-0.25, -0.2) is 4.79 Å². The SMILES string of the molecule is O=C(O)c1ccc(-c2ccccc2)cc1CCN1CCCCC1. The van der Waals surface area contributed by atoms with Crippen molar-refractivity contribution in [2.24, 2.45) is 0 Å². The van der Waals surface area contributed by atoms with Gasteiger partial charge in [-0.1, -0.05) is 48.9 Å². The maximum absolute atomic E-state index is 11.5. The molecule has 0 atom stereocenters. The third kappa shape index (κ3) is 3.99. The van der Waals surface area contributed by atoms with Crippen LogP contribution >= 0.6 is 0 Å². The van der Waals surface area contributed by atoms with Crippen molar-refractivity contribution >= 4 is 5.97 Å². The molecule has 1 fully saturated rings. The number of aromatic carboxylic acids is 1. The van der Waals surface area contributed by atoms with Gasteiger partial charge < -0.3 is 10.0 Å². The minimum atomic E-state index is -0.835. The maximum Gasteiger partial charge on any atom is 0.335 e. The molecule has 0 radical (unpaired) electrons. The van der Waals surface area contributed by atoms with E-state index in [1.54, 1.807) is 6.07 Å². The Morgan fingerprint density at radius 3 is 2.39 bits per heavy atom. The number of hydrogen-bond donors (Lipinski definition) is 1. The van der Waals surface area contributed by atoms with E-state index in [0.29, 0.717) is 5.56 Å². The number of nitrogens with zero attached hydrogens (tertiary/aromatic N) is 1. The Bertz CT molecular complexity index is 661. The summed E-state index contributed by atoms with van der Waals surface area (Å²) in [6.45, 7) is 3.22. The van der Waals surface area contributed by atoms with Crippen molar-refractivity contribution in [1.82, 2.24) is 4.90 Å². The standard InChI is InChI=1S/C20H23NO2/c22-20(23)19-10-9-17(16-7-3-1-4-8-16)15-18(19)11-14-21-12-5-2-6-13-21/h1,3-4,7-10,15H,2,5-6,11-14H2,(H,22,23). The number of piperidine rings is 1. The van der Waals surface area contributed by atoms with Gasteiger partial charge in [0.25, 0.3) is 0 Å². The molecular weight excluding hydrogens is 286 g/mol. The lowest BCUT2D eigenvalue weighted by Gasteiger charge is -2.26. The fourth-order valence-corrected chi connectivity index (χ4v) is 3.28. The van der Waals surface area contributed by atoms with E-state index < -0.39 is 5.97 Å². The molecule has 0 amide bonds. The lowest BCUT2D eigenvalue weighted by Crippen LogP contribution is -2.31. The van der Waals surface area contributed by atoms with Gasteiger partial charge in [0.1, 0.15) is 0 Å². The Labute approximate surface area is 137 Å². The highest BCUT2D eigenvalue weighted by atomic mass is 16.4. The quantitative estimate of drug-likeness (QED) is 0.904. The van der Waals surface area contributed by atoms with Crippen LogP contribution in [-0.4, -0.2) is 35.6 Å². The zero-order valence-electron chi connectivity index (χ0n) is 13.4. The highest BCUT2D eigenvalue weighted by Crippen LogP contribution is 2.23. The summed E-state index contributed by atoms with van der Waals surface area (Å²) < 4.78 is 0. The van der Waals surface area contributed by atoms with Crippen molar-refractivity contribution in [1.29, 1.82) is 0 Å². The van der Waals surface area contributed by atoms with E-state index >= 15 is 0 Å². The Kier molecular flexibility index (Phi) is 5.09. The fraction of sp³-hybridized carbons (Fsp3) is 0.350. The lowest BCUT2D eigenvalue weighted by molar-refractivity contribution is 0.0695. The van der Waals surface area contributed by atoms with Crippen molar-refractivity contribution in [2.75, 3.05) is 19.6 Å². The van der Waals surface area contributed by atoms with Gasteiger partial charge in [0, 0.05) is 6.54 Å². The first kappa shape index (κ1) is 15.8. The highest BCUT2D eigenvalue weighted by molar-refractivity contribution is 5.90. The van der Waals surface area contributed by atoms with Crippen molar-refractivity contribution in [3.8, 4) is 11.1 Å². The predicted molar refractivity (Wildman–Crippen MR) is 92.8 cm³/mol. The average Bonchev–Trinajstić information content (AvgIpc) is 2.61. The van der Waals surface area contributed by atoms with E-state index in [1.807, 2.05) is 30.3 Å². The zero-order valence-corrected chi connectivity index (χ0v) is 13.4. The molecule has 0 unspecified atom stereocenters. The molecule has 2 aromatic rings. The van der Waals surface area contributed by atoms with Gasteiger partial charge in [-0.2, -0.15) is 0 Å². The Hall–Kier alpha value is -2.13. The smallest absolute Gasteiger partial charge is 0.335 e. The van der Waals surface area contributed by atoms with Crippen LogP contribution in [0.25, 0.3) is 11.1 Å². The van der Waals surface area contributed by atoms with E-state index in [1.165, 1.54) is 19.3 Å². The maximum atomic E-state index is 11.5. The van der Waals surface area contributed by atoms with Crippen LogP contribution in [0, 0.1) is 0 Å². The number of carboxylic acid groups (broad SMARTS) is 1. The molecule has 120 valence electrons. The Balaban J connectivity index is 1.81. The van der Waals surface area contributed by atoms with Crippen molar-refractivity contribution < 1.29 is 9.90 Å². The number of hydrogen-bond acceptors (Lipinski definition) is 2. The lowest BCUT2D eigenvalue weighted by atomic mass is 9.97. The van der Waals surface area contributed by atoms with Gasteiger partial charge in [-0.3, -0.25) is 0 Å². The van der Waals surface area contributed by atoms with Gasteiger partial charge in [-0.05, 0) is 55.1 Å². The summed E-state index contributed by atoms with van der Waals surface area (Å²) in [5.41, 5.74) is 3.58. The topological polar surface area (TPSA) is 40.5 Å². The number of carboxylic acids is 1. The van der Waals surface area contributed by atoms with E-state index in [-0.39, 0.29) is 0 Å². The van der Waals surface area contributed by atoms with Crippen LogP contribution in [0.15, 0.2) is 48.5 Å². The van der Waals surface area contributed by atoms with Crippen LogP contribution in [0.3, 0.4) is 0 Å². The molecule has 3 heteroatoms. The summed E-state index contributed by atoms with van der Waals surface area (Å²) in [5.74, 6) is -0.835. The van der Waals surface area contributed by atoms with Gasteiger partial charge in [0.2, 0.25) is 0 Å². The minimum Gasteiger partial charge on any atom is -0.478 e. The van der Waals surface area contributed by atoms with Gasteiger partial charge in [-0.15, -0.1) is 0 Å². The summed E-state index contributed by atoms with van der Waals surface area (Å²) in [6, 6.07) is 15.8. The summed E-state index contributed by atoms with van der Waals surface area (Å²) in [4.78, 5) is 14.0. The molecule has 0 spiro atoms. The number of benzene rings is 2. The molecule has 0 saturated carbocycles. The highest BCUT2D eigenvalue weighted by Gasteiger charge is 2.14. The number of likely N-dealkylation sites (tertiary alicyclic amines) is 1. The monoisotopic (exact) mass is 309 g/mol. The molecule has 0 aromatic heterocycles. The molecule has 1 aliphatic rings. The summed E-state index contributed by atoms with van der Waals surface area (Å²) in [6.07, 6.45) is 4.63. The largest absolute Gasteiger partial charge is 0.478 e. The molecule has 0 aliphatic carbocycles. The molecule has 3 nitrogen and oxygen atoms in total. The summed E-state index contributed by atoms with van der Waals surface area (Å²) in [7, 11) is 0. The first-order valence-electron chi connectivity index (χ1n) is 8.38. The van der Waals surface area contributed by atoms with Gasteiger partial charge in [0.15, 0.2) is 0 Å². The Morgan fingerprint density at radius 2 is 1.70 bits per heavy atom. The molecule has 3 rings (SSSR count). The van der Waals surface area contributed by atoms with Crippen molar-refractivity contribution in [2.45, 2.75) is 25.7 Å². The van der Waals surface area contributed by atoms with E-state index in [0.717, 1.165) is 42.7 Å².